The number of thiocarbonyl (C=S) groups is 1. The maximum Gasteiger partial charge on any atom is 0.171 e. The highest BCUT2D eigenvalue weighted by Crippen LogP contribution is 2.16. The van der Waals surface area contributed by atoms with E-state index in [9.17, 15) is 0 Å². The van der Waals surface area contributed by atoms with Gasteiger partial charge in [0, 0.05) is 38.1 Å². The van der Waals surface area contributed by atoms with E-state index in [1.54, 1.807) is 6.20 Å². The number of hydrogen-bond donors (Lipinski definition) is 2. The average Bonchev–Trinajstić information content (AvgIpc) is 2.48. The van der Waals surface area contributed by atoms with Gasteiger partial charge < -0.3 is 15.5 Å². The number of hydrogen-bond acceptors (Lipinski definition) is 3. The zero-order chi connectivity index (χ0) is 16.1. The van der Waals surface area contributed by atoms with Gasteiger partial charge in [-0.2, -0.15) is 0 Å². The molecule has 1 heterocycles. The Labute approximate surface area is 137 Å². The van der Waals surface area contributed by atoms with Crippen molar-refractivity contribution in [2.45, 2.75) is 20.4 Å². The molecule has 0 bridgehead atoms. The number of aryl methyl sites for hydroxylation is 2. The Bertz CT molecular complexity index is 667. The monoisotopic (exact) mass is 314 g/mol. The highest BCUT2D eigenvalue weighted by atomic mass is 32.1. The molecule has 0 aliphatic rings. The predicted molar refractivity (Wildman–Crippen MR) is 97.5 cm³/mol. The number of aromatic nitrogens is 1. The quantitative estimate of drug-likeness (QED) is 0.848. The molecule has 2 aromatic rings. The zero-order valence-electron chi connectivity index (χ0n) is 13.5. The van der Waals surface area contributed by atoms with Gasteiger partial charge in [0.2, 0.25) is 0 Å². The van der Waals surface area contributed by atoms with Crippen LogP contribution in [0.1, 0.15) is 16.7 Å². The van der Waals surface area contributed by atoms with Crippen molar-refractivity contribution < 1.29 is 0 Å². The lowest BCUT2D eigenvalue weighted by Crippen LogP contribution is -2.29. The topological polar surface area (TPSA) is 40.2 Å². The third kappa shape index (κ3) is 4.18. The van der Waals surface area contributed by atoms with Crippen LogP contribution in [0.4, 0.5) is 11.5 Å². The third-order valence-electron chi connectivity index (χ3n) is 3.36. The maximum atomic E-state index is 5.38. The molecule has 0 fully saturated rings. The van der Waals surface area contributed by atoms with Crippen LogP contribution in [0.15, 0.2) is 36.5 Å². The fourth-order valence-corrected chi connectivity index (χ4v) is 2.45. The van der Waals surface area contributed by atoms with Gasteiger partial charge in [-0.05, 0) is 43.8 Å². The molecule has 1 aromatic heterocycles. The van der Waals surface area contributed by atoms with E-state index in [1.165, 1.54) is 11.1 Å². The molecule has 0 radical (unpaired) electrons. The lowest BCUT2D eigenvalue weighted by molar-refractivity contribution is 0.900. The van der Waals surface area contributed by atoms with E-state index >= 15 is 0 Å². The number of pyridine rings is 1. The molecule has 116 valence electrons. The molecule has 0 aliphatic carbocycles. The number of rotatable bonds is 4. The lowest BCUT2D eigenvalue weighted by Gasteiger charge is -2.17. The summed E-state index contributed by atoms with van der Waals surface area (Å²) >= 11 is 5.38. The summed E-state index contributed by atoms with van der Waals surface area (Å²) in [4.78, 5) is 6.38. The minimum atomic E-state index is 0.612. The second-order valence-corrected chi connectivity index (χ2v) is 5.91. The van der Waals surface area contributed by atoms with Crippen molar-refractivity contribution in [1.82, 2.24) is 10.3 Å². The standard InChI is InChI=1S/C17H22N4S/c1-12-7-8-15(13(2)10-12)20-17(22)19-11-14-6-5-9-18-16(14)21(3)4/h5-10H,11H2,1-4H3,(H2,19,20,22). The summed E-state index contributed by atoms with van der Waals surface area (Å²) < 4.78 is 0. The van der Waals surface area contributed by atoms with E-state index in [0.29, 0.717) is 11.7 Å². The molecule has 5 heteroatoms. The normalized spacial score (nSPS) is 10.2. The van der Waals surface area contributed by atoms with Gasteiger partial charge in [-0.25, -0.2) is 4.98 Å². The third-order valence-corrected chi connectivity index (χ3v) is 3.61. The average molecular weight is 314 g/mol. The molecule has 0 spiro atoms. The first-order chi connectivity index (χ1) is 10.5. The first-order valence-electron chi connectivity index (χ1n) is 7.20. The van der Waals surface area contributed by atoms with E-state index in [4.69, 9.17) is 12.2 Å². The molecule has 2 rings (SSSR count). The summed E-state index contributed by atoms with van der Waals surface area (Å²) in [7, 11) is 3.97. The molecule has 0 saturated carbocycles. The number of nitrogens with zero attached hydrogens (tertiary/aromatic N) is 2. The molecule has 0 atom stereocenters. The molecule has 4 nitrogen and oxygen atoms in total. The minimum absolute atomic E-state index is 0.612. The fourth-order valence-electron chi connectivity index (χ4n) is 2.27. The van der Waals surface area contributed by atoms with Crippen LogP contribution in [0.2, 0.25) is 0 Å². The molecule has 0 saturated heterocycles. The van der Waals surface area contributed by atoms with Gasteiger partial charge in [0.25, 0.3) is 0 Å². The minimum Gasteiger partial charge on any atom is -0.362 e. The second-order valence-electron chi connectivity index (χ2n) is 5.51. The van der Waals surface area contributed by atoms with Gasteiger partial charge in [-0.15, -0.1) is 0 Å². The van der Waals surface area contributed by atoms with Gasteiger partial charge in [0.1, 0.15) is 5.82 Å². The van der Waals surface area contributed by atoms with E-state index < -0.39 is 0 Å². The van der Waals surface area contributed by atoms with Crippen molar-refractivity contribution >= 4 is 28.8 Å². The summed E-state index contributed by atoms with van der Waals surface area (Å²) in [6, 6.07) is 10.2. The van der Waals surface area contributed by atoms with Crippen LogP contribution in [-0.2, 0) is 6.54 Å². The van der Waals surface area contributed by atoms with Crippen molar-refractivity contribution in [1.29, 1.82) is 0 Å². The summed E-state index contributed by atoms with van der Waals surface area (Å²) in [5, 5.41) is 7.09. The molecule has 2 N–H and O–H groups in total. The smallest absolute Gasteiger partial charge is 0.171 e. The molecule has 0 amide bonds. The highest BCUT2D eigenvalue weighted by Gasteiger charge is 2.06. The van der Waals surface area contributed by atoms with Crippen LogP contribution >= 0.6 is 12.2 Å². The lowest BCUT2D eigenvalue weighted by atomic mass is 10.1. The second kappa shape index (κ2) is 7.22. The first kappa shape index (κ1) is 16.2. The Kier molecular flexibility index (Phi) is 5.33. The van der Waals surface area contributed by atoms with E-state index in [0.717, 1.165) is 17.1 Å². The zero-order valence-corrected chi connectivity index (χ0v) is 14.3. The van der Waals surface area contributed by atoms with Crippen LogP contribution in [0.3, 0.4) is 0 Å². The van der Waals surface area contributed by atoms with Gasteiger partial charge in [-0.3, -0.25) is 0 Å². The number of anilines is 2. The van der Waals surface area contributed by atoms with Crippen molar-refractivity contribution in [3.05, 3.63) is 53.2 Å². The molecule has 22 heavy (non-hydrogen) atoms. The van der Waals surface area contributed by atoms with Gasteiger partial charge >= 0.3 is 0 Å². The summed E-state index contributed by atoms with van der Waals surface area (Å²) in [5.41, 5.74) is 4.56. The van der Waals surface area contributed by atoms with E-state index in [-0.39, 0.29) is 0 Å². The highest BCUT2D eigenvalue weighted by molar-refractivity contribution is 7.80. The Morgan fingerprint density at radius 3 is 2.68 bits per heavy atom. The molecule has 0 aliphatic heterocycles. The Balaban J connectivity index is 1.99. The van der Waals surface area contributed by atoms with Gasteiger partial charge in [-0.1, -0.05) is 23.8 Å². The van der Waals surface area contributed by atoms with Crippen LogP contribution < -0.4 is 15.5 Å². The molecule has 1 aromatic carbocycles. The van der Waals surface area contributed by atoms with Crippen molar-refractivity contribution in [2.75, 3.05) is 24.3 Å². The van der Waals surface area contributed by atoms with Crippen molar-refractivity contribution in [2.24, 2.45) is 0 Å². The van der Waals surface area contributed by atoms with Crippen LogP contribution in [0.25, 0.3) is 0 Å². The SMILES string of the molecule is Cc1ccc(NC(=S)NCc2cccnc2N(C)C)c(C)c1. The summed E-state index contributed by atoms with van der Waals surface area (Å²) in [5.74, 6) is 0.948. The predicted octanol–water partition coefficient (Wildman–Crippen LogP) is 3.25. The molecule has 0 unspecified atom stereocenters. The van der Waals surface area contributed by atoms with E-state index in [2.05, 4.69) is 47.7 Å². The number of nitrogens with one attached hydrogen (secondary N) is 2. The van der Waals surface area contributed by atoms with E-state index in [1.807, 2.05) is 31.1 Å². The first-order valence-corrected chi connectivity index (χ1v) is 7.61. The van der Waals surface area contributed by atoms with Gasteiger partial charge in [0.05, 0.1) is 0 Å². The van der Waals surface area contributed by atoms with Crippen molar-refractivity contribution in [3.63, 3.8) is 0 Å². The van der Waals surface area contributed by atoms with Crippen LogP contribution in [0.5, 0.6) is 0 Å². The fraction of sp³-hybridized carbons (Fsp3) is 0.294. The number of benzene rings is 1. The molecular weight excluding hydrogens is 292 g/mol. The Morgan fingerprint density at radius 1 is 1.23 bits per heavy atom. The maximum absolute atomic E-state index is 5.38. The Morgan fingerprint density at radius 2 is 2.00 bits per heavy atom. The van der Waals surface area contributed by atoms with Gasteiger partial charge in [0.15, 0.2) is 5.11 Å². The van der Waals surface area contributed by atoms with Crippen LogP contribution in [-0.4, -0.2) is 24.2 Å². The summed E-state index contributed by atoms with van der Waals surface area (Å²) in [6.45, 7) is 4.79. The Hall–Kier alpha value is -2.14. The largest absolute Gasteiger partial charge is 0.362 e. The summed E-state index contributed by atoms with van der Waals surface area (Å²) in [6.07, 6.45) is 1.80. The van der Waals surface area contributed by atoms with Crippen molar-refractivity contribution in [3.8, 4) is 0 Å². The van der Waals surface area contributed by atoms with Crippen LogP contribution in [0, 0.1) is 13.8 Å². The molecular formula is C17H22N4S.